The van der Waals surface area contributed by atoms with Gasteiger partial charge >= 0.3 is 29.8 Å². The Labute approximate surface area is 129 Å². The van der Waals surface area contributed by atoms with Crippen molar-refractivity contribution in [2.75, 3.05) is 0 Å². The summed E-state index contributed by atoms with van der Waals surface area (Å²) in [5, 5.41) is 43.6. The molecular weight excluding hydrogens is 359 g/mol. The van der Waals surface area contributed by atoms with Crippen molar-refractivity contribution in [1.82, 2.24) is 0 Å². The zero-order chi connectivity index (χ0) is 15.5. The standard InChI is InChI=1S/C9H8O10.Zr/c1-2(4(10)11)3(5(12)13)9(6(14)15,7(16)17)8(18)19;/h3H,1H2,(H,10,11)(H,12,13)(H,14,15)(H,16,17)(H,18,19);. The maximum Gasteiger partial charge on any atom is 0.334 e. The van der Waals surface area contributed by atoms with Gasteiger partial charge < -0.3 is 25.5 Å². The fourth-order valence-corrected chi connectivity index (χ4v) is 1.36. The van der Waals surface area contributed by atoms with Gasteiger partial charge in [0.2, 0.25) is 0 Å². The van der Waals surface area contributed by atoms with Crippen LogP contribution in [0.4, 0.5) is 0 Å². The Morgan fingerprint density at radius 2 is 1.10 bits per heavy atom. The average molecular weight is 367 g/mol. The Kier molecular flexibility index (Phi) is 7.05. The SMILES string of the molecule is C=C(C(=O)O)C(C(=O)O)C(C(=O)O)(C(=O)O)C(=O)O.[Zr]. The van der Waals surface area contributed by atoms with Crippen molar-refractivity contribution < 1.29 is 75.7 Å². The molecule has 0 bridgehead atoms. The molecule has 0 aliphatic heterocycles. The minimum Gasteiger partial charge on any atom is -0.481 e. The van der Waals surface area contributed by atoms with Crippen LogP contribution in [0.5, 0.6) is 0 Å². The average Bonchev–Trinajstić information content (AvgIpc) is 2.21. The summed E-state index contributed by atoms with van der Waals surface area (Å²) in [5.41, 5.74) is -5.26. The zero-order valence-corrected chi connectivity index (χ0v) is 12.0. The molecule has 0 heterocycles. The van der Waals surface area contributed by atoms with Crippen LogP contribution in [0.25, 0.3) is 0 Å². The van der Waals surface area contributed by atoms with E-state index < -0.39 is 46.8 Å². The first-order chi connectivity index (χ1) is 8.51. The minimum absolute atomic E-state index is 0. The predicted octanol–water partition coefficient (Wildman–Crippen LogP) is -1.43. The quantitative estimate of drug-likeness (QED) is 0.263. The van der Waals surface area contributed by atoms with E-state index in [2.05, 4.69) is 6.58 Å². The summed E-state index contributed by atoms with van der Waals surface area (Å²) in [5.74, 6) is -14.7. The number of carboxylic acid groups (broad SMARTS) is 5. The van der Waals surface area contributed by atoms with Crippen LogP contribution in [0, 0.1) is 11.3 Å². The van der Waals surface area contributed by atoms with Crippen LogP contribution < -0.4 is 0 Å². The first-order valence-corrected chi connectivity index (χ1v) is 4.36. The van der Waals surface area contributed by atoms with Crippen molar-refractivity contribution in [3.8, 4) is 0 Å². The van der Waals surface area contributed by atoms with E-state index in [9.17, 15) is 24.0 Å². The van der Waals surface area contributed by atoms with Gasteiger partial charge in [0.1, 0.15) is 5.92 Å². The van der Waals surface area contributed by atoms with Crippen molar-refractivity contribution >= 4 is 29.8 Å². The molecule has 108 valence electrons. The second-order valence-corrected chi connectivity index (χ2v) is 3.33. The summed E-state index contributed by atoms with van der Waals surface area (Å²) in [6, 6.07) is 0. The molecule has 5 N–H and O–H groups in total. The number of hydrogen-bond donors (Lipinski definition) is 5. The monoisotopic (exact) mass is 366 g/mol. The number of hydrogen-bond acceptors (Lipinski definition) is 5. The molecule has 11 heteroatoms. The van der Waals surface area contributed by atoms with Crippen LogP contribution in [-0.4, -0.2) is 55.4 Å². The minimum atomic E-state index is -3.89. The van der Waals surface area contributed by atoms with Gasteiger partial charge in [-0.3, -0.25) is 19.2 Å². The normalized spacial score (nSPS) is 11.6. The first kappa shape index (κ1) is 20.3. The topological polar surface area (TPSA) is 186 Å². The Morgan fingerprint density at radius 1 is 0.800 bits per heavy atom. The molecule has 0 fully saturated rings. The maximum absolute atomic E-state index is 10.9. The van der Waals surface area contributed by atoms with Gasteiger partial charge in [0.25, 0.3) is 5.41 Å². The van der Waals surface area contributed by atoms with Gasteiger partial charge in [-0.1, -0.05) is 6.58 Å². The zero-order valence-electron chi connectivity index (χ0n) is 9.56. The summed E-state index contributed by atoms with van der Waals surface area (Å²) < 4.78 is 0. The van der Waals surface area contributed by atoms with E-state index in [0.29, 0.717) is 0 Å². The van der Waals surface area contributed by atoms with E-state index in [1.165, 1.54) is 0 Å². The molecule has 0 saturated carbocycles. The third-order valence-electron chi connectivity index (χ3n) is 2.32. The van der Waals surface area contributed by atoms with E-state index in [1.807, 2.05) is 0 Å². The molecule has 10 nitrogen and oxygen atoms in total. The molecule has 0 aromatic rings. The predicted molar refractivity (Wildman–Crippen MR) is 53.2 cm³/mol. The molecule has 0 rings (SSSR count). The molecule has 0 saturated heterocycles. The second kappa shape index (κ2) is 6.94. The van der Waals surface area contributed by atoms with Crippen molar-refractivity contribution in [3.05, 3.63) is 12.2 Å². The Hall–Kier alpha value is -2.03. The van der Waals surface area contributed by atoms with Crippen molar-refractivity contribution in [3.63, 3.8) is 0 Å². The van der Waals surface area contributed by atoms with E-state index >= 15 is 0 Å². The van der Waals surface area contributed by atoms with Crippen LogP contribution in [0.3, 0.4) is 0 Å². The smallest absolute Gasteiger partial charge is 0.334 e. The van der Waals surface area contributed by atoms with Crippen LogP contribution in [0.1, 0.15) is 0 Å². The largest absolute Gasteiger partial charge is 0.481 e. The second-order valence-electron chi connectivity index (χ2n) is 3.33. The fourth-order valence-electron chi connectivity index (χ4n) is 1.36. The molecule has 20 heavy (non-hydrogen) atoms. The first-order valence-electron chi connectivity index (χ1n) is 4.36. The molecule has 0 aliphatic rings. The van der Waals surface area contributed by atoms with E-state index in [0.717, 1.165) is 0 Å². The fraction of sp³-hybridized carbons (Fsp3) is 0.222. The molecular formula is C9H8O10Zr. The molecule has 0 aromatic carbocycles. The Balaban J connectivity index is 0. The molecule has 1 atom stereocenters. The molecule has 0 spiro atoms. The van der Waals surface area contributed by atoms with Gasteiger partial charge in [-0.05, 0) is 0 Å². The third kappa shape index (κ3) is 3.10. The summed E-state index contributed by atoms with van der Waals surface area (Å²) in [6.07, 6.45) is 0. The summed E-state index contributed by atoms with van der Waals surface area (Å²) in [6.45, 7) is 2.72. The van der Waals surface area contributed by atoms with E-state index in [1.54, 1.807) is 0 Å². The van der Waals surface area contributed by atoms with Crippen LogP contribution in [-0.2, 0) is 50.2 Å². The van der Waals surface area contributed by atoms with Gasteiger partial charge in [-0.15, -0.1) is 0 Å². The molecule has 0 radical (unpaired) electrons. The van der Waals surface area contributed by atoms with E-state index in [-0.39, 0.29) is 26.2 Å². The Bertz CT molecular complexity index is 457. The molecule has 0 aromatic heterocycles. The van der Waals surface area contributed by atoms with Crippen molar-refractivity contribution in [1.29, 1.82) is 0 Å². The number of aliphatic carboxylic acids is 5. The van der Waals surface area contributed by atoms with Crippen molar-refractivity contribution in [2.45, 2.75) is 0 Å². The van der Waals surface area contributed by atoms with Gasteiger partial charge in [0, 0.05) is 31.8 Å². The summed E-state index contributed by atoms with van der Waals surface area (Å²) in [7, 11) is 0. The summed E-state index contributed by atoms with van der Waals surface area (Å²) in [4.78, 5) is 54.3. The molecule has 0 aliphatic carbocycles. The van der Waals surface area contributed by atoms with E-state index in [4.69, 9.17) is 25.5 Å². The number of carboxylic acids is 5. The maximum atomic E-state index is 10.9. The van der Waals surface area contributed by atoms with Gasteiger partial charge in [-0.2, -0.15) is 0 Å². The van der Waals surface area contributed by atoms with Gasteiger partial charge in [0.15, 0.2) is 0 Å². The van der Waals surface area contributed by atoms with Crippen molar-refractivity contribution in [2.24, 2.45) is 11.3 Å². The van der Waals surface area contributed by atoms with Crippen LogP contribution in [0.15, 0.2) is 12.2 Å². The summed E-state index contributed by atoms with van der Waals surface area (Å²) >= 11 is 0. The molecule has 1 unspecified atom stereocenters. The third-order valence-corrected chi connectivity index (χ3v) is 2.32. The van der Waals surface area contributed by atoms with Crippen LogP contribution in [0.2, 0.25) is 0 Å². The van der Waals surface area contributed by atoms with Gasteiger partial charge in [-0.25, -0.2) is 4.79 Å². The number of rotatable bonds is 7. The van der Waals surface area contributed by atoms with Gasteiger partial charge in [0.05, 0.1) is 0 Å². The Morgan fingerprint density at radius 3 is 1.25 bits per heavy atom. The van der Waals surface area contributed by atoms with Crippen LogP contribution >= 0.6 is 0 Å². The number of carbonyl (C=O) groups is 5. The molecule has 0 amide bonds.